The maximum atomic E-state index is 13.1. The standard InChI is InChI=1S/C15H9FN6O/c16-12-2-1-3-13(4-12)23-15-18-5-10(6-19-15)11-7-17-14-20-9-21-22(14)8-11/h1-9H. The molecule has 4 rings (SSSR count). The Morgan fingerprint density at radius 2 is 1.78 bits per heavy atom. The minimum atomic E-state index is -0.383. The summed E-state index contributed by atoms with van der Waals surface area (Å²) in [5, 5.41) is 4.03. The third-order valence-corrected chi connectivity index (χ3v) is 3.10. The van der Waals surface area contributed by atoms with Gasteiger partial charge in [0, 0.05) is 42.0 Å². The van der Waals surface area contributed by atoms with E-state index in [1.165, 1.54) is 18.5 Å². The molecule has 4 aromatic rings. The quantitative estimate of drug-likeness (QED) is 0.578. The summed E-state index contributed by atoms with van der Waals surface area (Å²) in [4.78, 5) is 16.4. The van der Waals surface area contributed by atoms with Crippen molar-refractivity contribution < 1.29 is 9.13 Å². The van der Waals surface area contributed by atoms with Crippen LogP contribution in [0.4, 0.5) is 4.39 Å². The molecule has 112 valence electrons. The van der Waals surface area contributed by atoms with Gasteiger partial charge in [-0.05, 0) is 12.1 Å². The van der Waals surface area contributed by atoms with Crippen molar-refractivity contribution in [2.75, 3.05) is 0 Å². The minimum Gasteiger partial charge on any atom is -0.424 e. The summed E-state index contributed by atoms with van der Waals surface area (Å²) in [5.74, 6) is 0.468. The van der Waals surface area contributed by atoms with Gasteiger partial charge in [-0.15, -0.1) is 0 Å². The minimum absolute atomic E-state index is 0.133. The second-order valence-electron chi connectivity index (χ2n) is 4.66. The summed E-state index contributed by atoms with van der Waals surface area (Å²) in [7, 11) is 0. The Morgan fingerprint density at radius 1 is 0.957 bits per heavy atom. The zero-order valence-corrected chi connectivity index (χ0v) is 11.7. The highest BCUT2D eigenvalue weighted by molar-refractivity contribution is 5.60. The van der Waals surface area contributed by atoms with Crippen LogP contribution in [0, 0.1) is 5.82 Å². The second kappa shape index (κ2) is 5.41. The number of fused-ring (bicyclic) bond motifs is 1. The largest absolute Gasteiger partial charge is 0.424 e. The zero-order valence-electron chi connectivity index (χ0n) is 11.7. The lowest BCUT2D eigenvalue weighted by Crippen LogP contribution is -1.95. The average Bonchev–Trinajstić information content (AvgIpc) is 3.03. The van der Waals surface area contributed by atoms with Crippen LogP contribution in [-0.2, 0) is 0 Å². The van der Waals surface area contributed by atoms with E-state index in [1.807, 2.05) is 0 Å². The van der Waals surface area contributed by atoms with Gasteiger partial charge in [0.25, 0.3) is 5.78 Å². The molecule has 0 atom stereocenters. The van der Waals surface area contributed by atoms with E-state index >= 15 is 0 Å². The Morgan fingerprint density at radius 3 is 2.61 bits per heavy atom. The number of nitrogens with zero attached hydrogens (tertiary/aromatic N) is 6. The van der Waals surface area contributed by atoms with Crippen molar-refractivity contribution in [3.05, 3.63) is 61.2 Å². The molecule has 0 aliphatic heterocycles. The molecule has 0 bridgehead atoms. The molecule has 7 nitrogen and oxygen atoms in total. The molecule has 0 unspecified atom stereocenters. The maximum absolute atomic E-state index is 13.1. The molecule has 3 heterocycles. The lowest BCUT2D eigenvalue weighted by Gasteiger charge is -2.05. The van der Waals surface area contributed by atoms with Crippen molar-refractivity contribution >= 4 is 5.78 Å². The third kappa shape index (κ3) is 2.69. The first-order valence-corrected chi connectivity index (χ1v) is 6.69. The van der Waals surface area contributed by atoms with E-state index in [2.05, 4.69) is 25.0 Å². The van der Waals surface area contributed by atoms with E-state index in [9.17, 15) is 4.39 Å². The molecule has 0 amide bonds. The van der Waals surface area contributed by atoms with Gasteiger partial charge in [-0.2, -0.15) is 10.1 Å². The highest BCUT2D eigenvalue weighted by Gasteiger charge is 2.06. The van der Waals surface area contributed by atoms with Crippen LogP contribution in [0.5, 0.6) is 11.8 Å². The predicted molar refractivity (Wildman–Crippen MR) is 78.3 cm³/mol. The highest BCUT2D eigenvalue weighted by atomic mass is 19.1. The van der Waals surface area contributed by atoms with Crippen molar-refractivity contribution in [2.45, 2.75) is 0 Å². The zero-order chi connectivity index (χ0) is 15.6. The fourth-order valence-electron chi connectivity index (χ4n) is 2.02. The van der Waals surface area contributed by atoms with Gasteiger partial charge in [-0.25, -0.2) is 23.9 Å². The number of hydrogen-bond acceptors (Lipinski definition) is 6. The van der Waals surface area contributed by atoms with Crippen molar-refractivity contribution in [2.24, 2.45) is 0 Å². The van der Waals surface area contributed by atoms with Crippen LogP contribution >= 0.6 is 0 Å². The molecule has 0 aliphatic carbocycles. The number of ether oxygens (including phenoxy) is 1. The monoisotopic (exact) mass is 308 g/mol. The van der Waals surface area contributed by atoms with Crippen LogP contribution in [-0.4, -0.2) is 29.5 Å². The topological polar surface area (TPSA) is 78.1 Å². The van der Waals surface area contributed by atoms with E-state index in [1.54, 1.807) is 41.4 Å². The first kappa shape index (κ1) is 13.3. The Labute approximate surface area is 129 Å². The molecule has 0 aliphatic rings. The van der Waals surface area contributed by atoms with Gasteiger partial charge in [-0.3, -0.25) is 0 Å². The van der Waals surface area contributed by atoms with E-state index in [-0.39, 0.29) is 11.8 Å². The van der Waals surface area contributed by atoms with E-state index in [0.717, 1.165) is 11.1 Å². The van der Waals surface area contributed by atoms with Crippen LogP contribution in [0.1, 0.15) is 0 Å². The molecule has 8 heteroatoms. The van der Waals surface area contributed by atoms with Crippen LogP contribution in [0.25, 0.3) is 16.9 Å². The Kier molecular flexibility index (Phi) is 3.12. The van der Waals surface area contributed by atoms with Crippen molar-refractivity contribution in [1.29, 1.82) is 0 Å². The number of hydrogen-bond donors (Lipinski definition) is 0. The first-order valence-electron chi connectivity index (χ1n) is 6.69. The Balaban J connectivity index is 1.59. The van der Waals surface area contributed by atoms with Gasteiger partial charge in [0.1, 0.15) is 17.9 Å². The lowest BCUT2D eigenvalue weighted by atomic mass is 10.2. The molecular weight excluding hydrogens is 299 g/mol. The first-order chi connectivity index (χ1) is 11.3. The summed E-state index contributed by atoms with van der Waals surface area (Å²) in [5.41, 5.74) is 1.54. The van der Waals surface area contributed by atoms with Gasteiger partial charge in [-0.1, -0.05) is 6.07 Å². The van der Waals surface area contributed by atoms with Gasteiger partial charge < -0.3 is 4.74 Å². The summed E-state index contributed by atoms with van der Waals surface area (Å²) in [6.45, 7) is 0. The molecule has 0 N–H and O–H groups in total. The average molecular weight is 308 g/mol. The number of aromatic nitrogens is 6. The molecule has 0 radical (unpaired) electrons. The molecular formula is C15H9FN6O. The van der Waals surface area contributed by atoms with Crippen molar-refractivity contribution in [1.82, 2.24) is 29.5 Å². The number of halogens is 1. The van der Waals surface area contributed by atoms with Gasteiger partial charge in [0.15, 0.2) is 0 Å². The summed E-state index contributed by atoms with van der Waals surface area (Å²) < 4.78 is 20.1. The van der Waals surface area contributed by atoms with Crippen LogP contribution in [0.2, 0.25) is 0 Å². The van der Waals surface area contributed by atoms with Gasteiger partial charge in [0.2, 0.25) is 0 Å². The lowest BCUT2D eigenvalue weighted by molar-refractivity contribution is 0.438. The van der Waals surface area contributed by atoms with Gasteiger partial charge in [0.05, 0.1) is 0 Å². The highest BCUT2D eigenvalue weighted by Crippen LogP contribution is 2.21. The van der Waals surface area contributed by atoms with E-state index in [0.29, 0.717) is 11.5 Å². The molecule has 0 spiro atoms. The van der Waals surface area contributed by atoms with Crippen molar-refractivity contribution in [3.8, 4) is 22.9 Å². The smallest absolute Gasteiger partial charge is 0.321 e. The van der Waals surface area contributed by atoms with Crippen molar-refractivity contribution in [3.63, 3.8) is 0 Å². The summed E-state index contributed by atoms with van der Waals surface area (Å²) in [6, 6.07) is 5.92. The normalized spacial score (nSPS) is 10.8. The third-order valence-electron chi connectivity index (χ3n) is 3.10. The van der Waals surface area contributed by atoms with Crippen LogP contribution in [0.15, 0.2) is 55.4 Å². The van der Waals surface area contributed by atoms with Crippen LogP contribution < -0.4 is 4.74 Å². The molecule has 1 aromatic carbocycles. The number of rotatable bonds is 3. The molecule has 0 saturated carbocycles. The SMILES string of the molecule is Fc1cccc(Oc2ncc(-c3cnc4ncnn4c3)cn2)c1. The van der Waals surface area contributed by atoms with E-state index in [4.69, 9.17) is 4.74 Å². The summed E-state index contributed by atoms with van der Waals surface area (Å²) in [6.07, 6.45) is 8.07. The fourth-order valence-corrected chi connectivity index (χ4v) is 2.02. The Hall–Kier alpha value is -3.42. The van der Waals surface area contributed by atoms with E-state index < -0.39 is 0 Å². The Bertz CT molecular complexity index is 969. The molecule has 0 fully saturated rings. The van der Waals surface area contributed by atoms with Gasteiger partial charge >= 0.3 is 6.01 Å². The fraction of sp³-hybridized carbons (Fsp3) is 0. The second-order valence-corrected chi connectivity index (χ2v) is 4.66. The van der Waals surface area contributed by atoms with Crippen LogP contribution in [0.3, 0.4) is 0 Å². The summed E-state index contributed by atoms with van der Waals surface area (Å²) >= 11 is 0. The number of benzene rings is 1. The molecule has 3 aromatic heterocycles. The predicted octanol–water partition coefficient (Wildman–Crippen LogP) is 2.51. The molecule has 0 saturated heterocycles. The maximum Gasteiger partial charge on any atom is 0.321 e. The molecule has 23 heavy (non-hydrogen) atoms.